The lowest BCUT2D eigenvalue weighted by atomic mass is 10.1. The van der Waals surface area contributed by atoms with Gasteiger partial charge in [0.15, 0.2) is 15.8 Å². The highest BCUT2D eigenvalue weighted by molar-refractivity contribution is 7.89. The van der Waals surface area contributed by atoms with Crippen molar-refractivity contribution in [3.05, 3.63) is 64.5 Å². The van der Waals surface area contributed by atoms with Crippen molar-refractivity contribution in [2.75, 3.05) is 32.3 Å². The minimum absolute atomic E-state index is 0.131. The highest BCUT2D eigenvalue weighted by Crippen LogP contribution is 2.17. The summed E-state index contributed by atoms with van der Waals surface area (Å²) >= 11 is 0. The number of nitrogens with one attached hydrogen (secondary N) is 2. The van der Waals surface area contributed by atoms with Gasteiger partial charge >= 0.3 is 0 Å². The van der Waals surface area contributed by atoms with Crippen molar-refractivity contribution in [3.8, 4) is 0 Å². The summed E-state index contributed by atoms with van der Waals surface area (Å²) in [4.78, 5) is 6.25. The molecule has 0 aromatic heterocycles. The zero-order valence-electron chi connectivity index (χ0n) is 17.6. The molecule has 0 aliphatic carbocycles. The summed E-state index contributed by atoms with van der Waals surface area (Å²) in [5, 5.41) is 6.37. The fraction of sp³-hybridized carbons (Fsp3) is 0.381. The molecule has 0 amide bonds. The predicted octanol–water partition coefficient (Wildman–Crippen LogP) is 2.61. The van der Waals surface area contributed by atoms with Crippen LogP contribution >= 0.6 is 0 Å². The Kier molecular flexibility index (Phi) is 7.61. The molecular formula is C21H29FN4O2S. The molecule has 29 heavy (non-hydrogen) atoms. The molecule has 6 nitrogen and oxygen atoms in total. The van der Waals surface area contributed by atoms with Crippen molar-refractivity contribution < 1.29 is 12.8 Å². The van der Waals surface area contributed by atoms with Crippen LogP contribution in [0.3, 0.4) is 0 Å². The van der Waals surface area contributed by atoms with E-state index in [2.05, 4.69) is 45.6 Å². The highest BCUT2D eigenvalue weighted by atomic mass is 32.2. The van der Waals surface area contributed by atoms with Gasteiger partial charge in [0.2, 0.25) is 0 Å². The van der Waals surface area contributed by atoms with Crippen LogP contribution in [0.2, 0.25) is 0 Å². The molecule has 2 rings (SSSR count). The lowest BCUT2D eigenvalue weighted by Crippen LogP contribution is -2.36. The Balaban J connectivity index is 2.04. The third-order valence-electron chi connectivity index (χ3n) is 4.54. The molecule has 0 saturated heterocycles. The molecule has 2 aromatic carbocycles. The molecule has 0 saturated carbocycles. The van der Waals surface area contributed by atoms with Gasteiger partial charge in [0.1, 0.15) is 5.82 Å². The molecule has 0 bridgehead atoms. The van der Waals surface area contributed by atoms with E-state index in [0.717, 1.165) is 17.5 Å². The molecule has 2 aromatic rings. The first-order valence-electron chi connectivity index (χ1n) is 9.25. The number of benzene rings is 2. The van der Waals surface area contributed by atoms with Crippen molar-refractivity contribution in [1.29, 1.82) is 0 Å². The largest absolute Gasteiger partial charge is 0.378 e. The van der Waals surface area contributed by atoms with Gasteiger partial charge in [-0.1, -0.05) is 12.1 Å². The van der Waals surface area contributed by atoms with Crippen LogP contribution < -0.4 is 15.5 Å². The predicted molar refractivity (Wildman–Crippen MR) is 117 cm³/mol. The molecule has 0 unspecified atom stereocenters. The van der Waals surface area contributed by atoms with Crippen LogP contribution in [0.15, 0.2) is 41.4 Å². The van der Waals surface area contributed by atoms with Crippen molar-refractivity contribution in [2.45, 2.75) is 25.8 Å². The number of hydrogen-bond acceptors (Lipinski definition) is 4. The van der Waals surface area contributed by atoms with Crippen molar-refractivity contribution in [3.63, 3.8) is 0 Å². The molecule has 2 N–H and O–H groups in total. The number of aryl methyl sites for hydroxylation is 1. The lowest BCUT2D eigenvalue weighted by molar-refractivity contribution is 0.599. The van der Waals surface area contributed by atoms with Crippen LogP contribution in [-0.2, 0) is 28.7 Å². The summed E-state index contributed by atoms with van der Waals surface area (Å²) in [6.07, 6.45) is 1.16. The van der Waals surface area contributed by atoms with Crippen molar-refractivity contribution >= 4 is 21.5 Å². The van der Waals surface area contributed by atoms with Crippen molar-refractivity contribution in [2.24, 2.45) is 4.99 Å². The Hall–Kier alpha value is -2.61. The maximum absolute atomic E-state index is 13.7. The van der Waals surface area contributed by atoms with Crippen LogP contribution in [0.5, 0.6) is 0 Å². The van der Waals surface area contributed by atoms with Gasteiger partial charge < -0.3 is 15.5 Å². The molecule has 0 radical (unpaired) electrons. The van der Waals surface area contributed by atoms with E-state index in [4.69, 9.17) is 0 Å². The van der Waals surface area contributed by atoms with Crippen LogP contribution in [0, 0.1) is 12.7 Å². The van der Waals surface area contributed by atoms with Crippen LogP contribution in [0.25, 0.3) is 0 Å². The number of halogens is 1. The lowest BCUT2D eigenvalue weighted by Gasteiger charge is -2.17. The van der Waals surface area contributed by atoms with E-state index in [-0.39, 0.29) is 12.3 Å². The molecule has 0 heterocycles. The van der Waals surface area contributed by atoms with E-state index in [1.165, 1.54) is 23.8 Å². The topological polar surface area (TPSA) is 73.8 Å². The third-order valence-corrected chi connectivity index (χ3v) is 5.38. The van der Waals surface area contributed by atoms with Gasteiger partial charge in [0.25, 0.3) is 0 Å². The van der Waals surface area contributed by atoms with Gasteiger partial charge in [-0.2, -0.15) is 0 Å². The number of sulfone groups is 1. The standard InChI is InChI=1S/C21H29FN4O2S/c1-15-10-20(26(3)4)9-7-16(15)12-24-21(23-2)25-13-18-11-19(22)8-6-17(18)14-29(5,27)28/h6-11H,12-14H2,1-5H3,(H2,23,24,25). The molecular weight excluding hydrogens is 391 g/mol. The molecule has 0 fully saturated rings. The first-order chi connectivity index (χ1) is 13.6. The first kappa shape index (κ1) is 22.7. The number of anilines is 1. The number of hydrogen-bond donors (Lipinski definition) is 2. The van der Waals surface area contributed by atoms with Crippen LogP contribution in [0.4, 0.5) is 10.1 Å². The second-order valence-electron chi connectivity index (χ2n) is 7.27. The van der Waals surface area contributed by atoms with E-state index < -0.39 is 15.7 Å². The van der Waals surface area contributed by atoms with E-state index in [9.17, 15) is 12.8 Å². The highest BCUT2D eigenvalue weighted by Gasteiger charge is 2.11. The minimum Gasteiger partial charge on any atom is -0.378 e. The number of aliphatic imine (C=N–C) groups is 1. The second-order valence-corrected chi connectivity index (χ2v) is 9.41. The van der Waals surface area contributed by atoms with Crippen molar-refractivity contribution in [1.82, 2.24) is 10.6 Å². The second kappa shape index (κ2) is 9.73. The quantitative estimate of drug-likeness (QED) is 0.532. The number of nitrogens with zero attached hydrogens (tertiary/aromatic N) is 2. The molecule has 158 valence electrons. The summed E-state index contributed by atoms with van der Waals surface area (Å²) < 4.78 is 36.9. The molecule has 0 aliphatic rings. The third kappa shape index (κ3) is 7.05. The van der Waals surface area contributed by atoms with Gasteiger partial charge in [-0.3, -0.25) is 4.99 Å². The maximum atomic E-state index is 13.7. The summed E-state index contributed by atoms with van der Waals surface area (Å²) in [7, 11) is 2.44. The fourth-order valence-corrected chi connectivity index (χ4v) is 3.76. The normalized spacial score (nSPS) is 12.0. The average Bonchev–Trinajstić information content (AvgIpc) is 2.63. The zero-order valence-corrected chi connectivity index (χ0v) is 18.4. The van der Waals surface area contributed by atoms with Gasteiger partial charge in [0.05, 0.1) is 5.75 Å². The van der Waals surface area contributed by atoms with E-state index in [1.807, 2.05) is 14.1 Å². The monoisotopic (exact) mass is 420 g/mol. The first-order valence-corrected chi connectivity index (χ1v) is 11.3. The Morgan fingerprint density at radius 3 is 2.21 bits per heavy atom. The summed E-state index contributed by atoms with van der Waals surface area (Å²) in [6, 6.07) is 10.4. The SMILES string of the molecule is CN=C(NCc1ccc(N(C)C)cc1C)NCc1cc(F)ccc1CS(C)(=O)=O. The smallest absolute Gasteiger partial charge is 0.191 e. The summed E-state index contributed by atoms with van der Waals surface area (Å²) in [5.41, 5.74) is 4.61. The van der Waals surface area contributed by atoms with Gasteiger partial charge in [-0.15, -0.1) is 0 Å². The van der Waals surface area contributed by atoms with Gasteiger partial charge in [-0.05, 0) is 53.4 Å². The Morgan fingerprint density at radius 1 is 1.03 bits per heavy atom. The van der Waals surface area contributed by atoms with Crippen LogP contribution in [-0.4, -0.2) is 41.8 Å². The van der Waals surface area contributed by atoms with E-state index in [1.54, 1.807) is 7.05 Å². The molecule has 0 atom stereocenters. The van der Waals surface area contributed by atoms with E-state index >= 15 is 0 Å². The maximum Gasteiger partial charge on any atom is 0.191 e. The fourth-order valence-electron chi connectivity index (χ4n) is 2.92. The zero-order chi connectivity index (χ0) is 21.6. The number of guanidine groups is 1. The Bertz CT molecular complexity index is 988. The molecule has 0 spiro atoms. The van der Waals surface area contributed by atoms with Gasteiger partial charge in [0, 0.05) is 46.2 Å². The van der Waals surface area contributed by atoms with E-state index in [0.29, 0.717) is 23.6 Å². The molecule has 0 aliphatic heterocycles. The summed E-state index contributed by atoms with van der Waals surface area (Å²) in [5.74, 6) is 0.0163. The van der Waals surface area contributed by atoms with Crippen LogP contribution in [0.1, 0.15) is 22.3 Å². The Labute approximate surface area is 172 Å². The minimum atomic E-state index is -3.22. The summed E-state index contributed by atoms with van der Waals surface area (Å²) in [6.45, 7) is 2.91. The Morgan fingerprint density at radius 2 is 1.66 bits per heavy atom. The van der Waals surface area contributed by atoms with Gasteiger partial charge in [-0.25, -0.2) is 12.8 Å². The molecule has 8 heteroatoms. The average molecular weight is 421 g/mol. The number of rotatable bonds is 7.